The summed E-state index contributed by atoms with van der Waals surface area (Å²) >= 11 is 0. The van der Waals surface area contributed by atoms with Crippen LogP contribution < -0.4 is 30.6 Å². The number of carboxylic acid groups (broad SMARTS) is 1. The van der Waals surface area contributed by atoms with E-state index in [1.165, 1.54) is 19.1 Å². The molecule has 2 amide bonds. The van der Waals surface area contributed by atoms with Crippen LogP contribution in [0.4, 0.5) is 5.69 Å². The lowest BCUT2D eigenvalue weighted by Crippen LogP contribution is -2.64. The molecule has 10 atom stereocenters. The largest absolute Gasteiger partial charge is 0.545 e. The maximum absolute atomic E-state index is 13.2. The summed E-state index contributed by atoms with van der Waals surface area (Å²) in [5.74, 6) is -2.06. The van der Waals surface area contributed by atoms with Gasteiger partial charge in [0.15, 0.2) is 12.6 Å². The molecule has 2 saturated heterocycles. The molecule has 61 heavy (non-hydrogen) atoms. The molecule has 19 nitrogen and oxygen atoms in total. The minimum atomic E-state index is -1.74. The van der Waals surface area contributed by atoms with Gasteiger partial charge in [-0.2, -0.15) is 0 Å². The highest BCUT2D eigenvalue weighted by Crippen LogP contribution is 2.42. The summed E-state index contributed by atoms with van der Waals surface area (Å²) in [5, 5.41) is 80.9. The molecule has 1 aliphatic carbocycles. The molecule has 19 heteroatoms. The van der Waals surface area contributed by atoms with Crippen molar-refractivity contribution in [1.82, 2.24) is 15.2 Å². The quantitative estimate of drug-likeness (QED) is 0.0372. The molecule has 330 valence electrons. The standard InChI is InChI=1S/C42H52N4O15/c1-20-33(49)35(51)37(53)41(58-20)61-38-36(52)34(50)30(19-47)60-42(38)57-15-12-31(48)43-13-14-44-39(54)21-6-9-24(27(16-21)40(55)56)32-25-10-7-22(45(2)3)17-28(25)59-29-18-23(46(4)5)8-11-26(29)32/h6-11,16-18,20,30,33-38,41-42,47,49-53H,12-15,19H2,1-5H3,(H2-,43,44,48,54,55,56)/t20-,30+,33+,34-,35+,36-,37-,38+,41-,42+/m0/s1. The number of aliphatic hydroxyl groups is 6. The number of amides is 2. The van der Waals surface area contributed by atoms with Crippen molar-refractivity contribution in [2.75, 3.05) is 59.4 Å². The first-order chi connectivity index (χ1) is 29.0. The van der Waals surface area contributed by atoms with Crippen LogP contribution >= 0.6 is 0 Å². The van der Waals surface area contributed by atoms with Gasteiger partial charge in [-0.1, -0.05) is 6.07 Å². The van der Waals surface area contributed by atoms with Gasteiger partial charge in [-0.05, 0) is 42.8 Å². The van der Waals surface area contributed by atoms with E-state index in [0.717, 1.165) is 11.0 Å². The highest BCUT2D eigenvalue weighted by Gasteiger charge is 2.50. The predicted octanol–water partition coefficient (Wildman–Crippen LogP) is -2.43. The maximum atomic E-state index is 13.2. The van der Waals surface area contributed by atoms with Gasteiger partial charge < -0.3 is 79.4 Å². The van der Waals surface area contributed by atoms with Gasteiger partial charge in [-0.15, -0.1) is 0 Å². The summed E-state index contributed by atoms with van der Waals surface area (Å²) in [4.78, 5) is 40.5. The monoisotopic (exact) mass is 852 g/mol. The molecule has 2 aromatic carbocycles. The van der Waals surface area contributed by atoms with Gasteiger partial charge >= 0.3 is 0 Å². The Bertz CT molecular complexity index is 2260. The Morgan fingerprint density at radius 3 is 2.25 bits per heavy atom. The van der Waals surface area contributed by atoms with Crippen molar-refractivity contribution < 1.29 is 73.5 Å². The summed E-state index contributed by atoms with van der Waals surface area (Å²) in [6, 6.07) is 15.6. The van der Waals surface area contributed by atoms with Crippen molar-refractivity contribution in [3.8, 4) is 22.5 Å². The zero-order valence-corrected chi connectivity index (χ0v) is 34.3. The molecule has 4 aliphatic rings. The van der Waals surface area contributed by atoms with E-state index in [-0.39, 0.29) is 37.2 Å². The third kappa shape index (κ3) is 9.86. The van der Waals surface area contributed by atoms with Crippen LogP contribution in [0.3, 0.4) is 0 Å². The first-order valence-electron chi connectivity index (χ1n) is 19.7. The maximum Gasteiger partial charge on any atom is 0.251 e. The lowest BCUT2D eigenvalue weighted by atomic mass is 9.89. The first kappa shape index (κ1) is 45.5. The Morgan fingerprint density at radius 2 is 1.56 bits per heavy atom. The second kappa shape index (κ2) is 19.3. The summed E-state index contributed by atoms with van der Waals surface area (Å²) in [7, 11) is 7.60. The van der Waals surface area contributed by atoms with Gasteiger partial charge in [0.2, 0.25) is 11.3 Å². The fourth-order valence-corrected chi connectivity index (χ4v) is 7.24. The fraction of sp³-hybridized carbons (Fsp3) is 0.476. The van der Waals surface area contributed by atoms with Crippen molar-refractivity contribution in [3.63, 3.8) is 0 Å². The molecule has 8 N–H and O–H groups in total. The van der Waals surface area contributed by atoms with E-state index >= 15 is 0 Å². The number of aliphatic hydroxyl groups excluding tert-OH is 6. The van der Waals surface area contributed by atoms with Crippen LogP contribution in [-0.2, 0) is 23.7 Å². The van der Waals surface area contributed by atoms with Crippen LogP contribution in [0.2, 0.25) is 0 Å². The number of anilines is 1. The van der Waals surface area contributed by atoms with E-state index in [2.05, 4.69) is 10.6 Å². The van der Waals surface area contributed by atoms with Gasteiger partial charge in [0, 0.05) is 72.6 Å². The normalized spacial score (nSPS) is 26.5. The van der Waals surface area contributed by atoms with Crippen LogP contribution in [0.15, 0.2) is 59.0 Å². The topological polar surface area (TPSA) is 276 Å². The van der Waals surface area contributed by atoms with E-state index in [1.807, 2.05) is 74.1 Å². The van der Waals surface area contributed by atoms with Gasteiger partial charge in [0.1, 0.15) is 68.2 Å². The Morgan fingerprint density at radius 1 is 0.836 bits per heavy atom. The third-order valence-corrected chi connectivity index (χ3v) is 10.8. The number of carboxylic acids is 1. The smallest absolute Gasteiger partial charge is 0.251 e. The Hall–Kier alpha value is -5.06. The van der Waals surface area contributed by atoms with Crippen LogP contribution in [0.25, 0.3) is 33.4 Å². The number of carbonyl (C=O) groups excluding carboxylic acids is 3. The molecule has 0 aromatic heterocycles. The van der Waals surface area contributed by atoms with Gasteiger partial charge in [-0.25, -0.2) is 4.58 Å². The zero-order chi connectivity index (χ0) is 44.3. The molecule has 3 heterocycles. The predicted molar refractivity (Wildman–Crippen MR) is 215 cm³/mol. The number of hydrogen-bond acceptors (Lipinski definition) is 16. The highest BCUT2D eigenvalue weighted by atomic mass is 16.8. The van der Waals surface area contributed by atoms with E-state index in [9.17, 15) is 50.1 Å². The lowest BCUT2D eigenvalue weighted by molar-refractivity contribution is -0.364. The molecule has 6 rings (SSSR count). The average molecular weight is 853 g/mol. The molecule has 0 saturated carbocycles. The number of rotatable bonds is 14. The lowest BCUT2D eigenvalue weighted by Gasteiger charge is -2.45. The number of aromatic carboxylic acids is 1. The molecule has 0 unspecified atom stereocenters. The van der Waals surface area contributed by atoms with Crippen LogP contribution in [0.1, 0.15) is 34.1 Å². The molecule has 2 aromatic rings. The van der Waals surface area contributed by atoms with E-state index in [0.29, 0.717) is 33.4 Å². The van der Waals surface area contributed by atoms with Crippen molar-refractivity contribution in [3.05, 3.63) is 71.1 Å². The Kier molecular flexibility index (Phi) is 14.4. The van der Waals surface area contributed by atoms with Crippen molar-refractivity contribution in [2.45, 2.75) is 74.8 Å². The van der Waals surface area contributed by atoms with Crippen molar-refractivity contribution in [2.24, 2.45) is 0 Å². The van der Waals surface area contributed by atoms with Crippen LogP contribution in [0.5, 0.6) is 0 Å². The number of carbonyl (C=O) groups is 3. The number of nitrogens with one attached hydrogen (secondary N) is 2. The molecule has 0 spiro atoms. The number of nitrogens with zero attached hydrogens (tertiary/aromatic N) is 2. The summed E-state index contributed by atoms with van der Waals surface area (Å²) in [6.07, 6.45) is -15.2. The van der Waals surface area contributed by atoms with Gasteiger partial charge in [-0.3, -0.25) is 9.59 Å². The average Bonchev–Trinajstić information content (AvgIpc) is 3.23. The molecule has 0 radical (unpaired) electrons. The minimum absolute atomic E-state index is 0.0161. The second-order valence-electron chi connectivity index (χ2n) is 15.4. The summed E-state index contributed by atoms with van der Waals surface area (Å²) < 4.78 is 30.6. The molecular weight excluding hydrogens is 800 g/mol. The number of hydrogen-bond donors (Lipinski definition) is 8. The highest BCUT2D eigenvalue weighted by molar-refractivity contribution is 6.09. The van der Waals surface area contributed by atoms with Crippen LogP contribution in [-0.4, -0.2) is 164 Å². The SMILES string of the molecule is C[C@@H]1O[C@@H](O[C@H]2[C@H](OCCC(=O)NCCNC(=O)c3ccc(-c4c5ccc(=[N+](C)C)cc-5oc5cc(N(C)C)ccc45)c(C(=O)[O-])c3)O[C@H](CO)[C@H](O)[C@@H]2O)[C@@H](O)[C@H](O)[C@@H]1O. The Balaban J connectivity index is 1.08. The summed E-state index contributed by atoms with van der Waals surface area (Å²) in [6.45, 7) is 0.377. The van der Waals surface area contributed by atoms with Crippen molar-refractivity contribution >= 4 is 34.4 Å². The number of benzene rings is 3. The molecule has 3 aliphatic heterocycles. The third-order valence-electron chi connectivity index (χ3n) is 10.8. The van der Waals surface area contributed by atoms with Crippen LogP contribution in [0, 0.1) is 0 Å². The van der Waals surface area contributed by atoms with Gasteiger partial charge in [0.25, 0.3) is 5.91 Å². The molecule has 0 bridgehead atoms. The van der Waals surface area contributed by atoms with Gasteiger partial charge in [0.05, 0.1) is 37.8 Å². The minimum Gasteiger partial charge on any atom is -0.545 e. The molecule has 2 fully saturated rings. The summed E-state index contributed by atoms with van der Waals surface area (Å²) in [5.41, 5.74) is 2.83. The fourth-order valence-electron chi connectivity index (χ4n) is 7.24. The first-order valence-corrected chi connectivity index (χ1v) is 19.7. The number of ether oxygens (including phenoxy) is 4. The Labute approximate surface area is 350 Å². The number of fused-ring (bicyclic) bond motifs is 2. The molecular formula is C42H52N4O15. The van der Waals surface area contributed by atoms with E-state index in [1.54, 1.807) is 6.07 Å². The van der Waals surface area contributed by atoms with E-state index < -0.39 is 85.8 Å². The second-order valence-corrected chi connectivity index (χ2v) is 15.4. The zero-order valence-electron chi connectivity index (χ0n) is 34.3. The van der Waals surface area contributed by atoms with E-state index in [4.69, 9.17) is 23.4 Å². The van der Waals surface area contributed by atoms with Crippen molar-refractivity contribution in [1.29, 1.82) is 0 Å².